The van der Waals surface area contributed by atoms with E-state index < -0.39 is 21.5 Å². The predicted octanol–water partition coefficient (Wildman–Crippen LogP) is 3.41. The smallest absolute Gasteiger partial charge is 0.408 e. The van der Waals surface area contributed by atoms with Gasteiger partial charge in [0, 0.05) is 18.8 Å². The zero-order chi connectivity index (χ0) is 22.8. The average Bonchev–Trinajstić information content (AvgIpc) is 3.34. The molecule has 11 heteroatoms. The van der Waals surface area contributed by atoms with Crippen LogP contribution in [0.5, 0.6) is 5.75 Å². The summed E-state index contributed by atoms with van der Waals surface area (Å²) in [5, 5.41) is 3.01. The summed E-state index contributed by atoms with van der Waals surface area (Å²) in [5.41, 5.74) is 0.623. The van der Waals surface area contributed by atoms with E-state index in [9.17, 15) is 13.2 Å². The molecule has 1 aromatic carbocycles. The minimum atomic E-state index is -3.84. The molecule has 0 unspecified atom stereocenters. The number of nitrogens with zero attached hydrogens (tertiary/aromatic N) is 3. The maximum absolute atomic E-state index is 13.2. The molecular weight excluding hydrogens is 440 g/mol. The van der Waals surface area contributed by atoms with Crippen LogP contribution in [0.2, 0.25) is 0 Å². The van der Waals surface area contributed by atoms with Gasteiger partial charge in [0.05, 0.1) is 36.8 Å². The van der Waals surface area contributed by atoms with Gasteiger partial charge < -0.3 is 19.4 Å². The van der Waals surface area contributed by atoms with Crippen LogP contribution < -0.4 is 10.1 Å². The third-order valence-corrected chi connectivity index (χ3v) is 7.20. The number of benzene rings is 1. The first-order valence-electron chi connectivity index (χ1n) is 9.32. The van der Waals surface area contributed by atoms with E-state index in [1.54, 1.807) is 50.0 Å². The molecule has 0 saturated carbocycles. The molecule has 0 aliphatic rings. The molecule has 31 heavy (non-hydrogen) atoms. The van der Waals surface area contributed by atoms with Gasteiger partial charge >= 0.3 is 6.09 Å². The Kier molecular flexibility index (Phi) is 6.37. The Morgan fingerprint density at radius 3 is 2.58 bits per heavy atom. The number of methoxy groups -OCH3 is 1. The van der Waals surface area contributed by atoms with Crippen molar-refractivity contribution < 1.29 is 22.7 Å². The number of rotatable bonds is 6. The van der Waals surface area contributed by atoms with Gasteiger partial charge in [-0.15, -0.1) is 11.3 Å². The first-order valence-corrected chi connectivity index (χ1v) is 11.6. The van der Waals surface area contributed by atoms with Crippen LogP contribution in [0.25, 0.3) is 11.3 Å². The van der Waals surface area contributed by atoms with Crippen molar-refractivity contribution in [3.63, 3.8) is 0 Å². The van der Waals surface area contributed by atoms with E-state index in [-0.39, 0.29) is 15.6 Å². The number of hydrogen-bond donors (Lipinski definition) is 1. The van der Waals surface area contributed by atoms with E-state index in [0.29, 0.717) is 22.0 Å². The third kappa shape index (κ3) is 5.61. The van der Waals surface area contributed by atoms with E-state index in [1.165, 1.54) is 19.4 Å². The highest BCUT2D eigenvalue weighted by molar-refractivity contribution is 7.93. The largest absolute Gasteiger partial charge is 0.497 e. The fourth-order valence-corrected chi connectivity index (χ4v) is 5.21. The number of amides is 1. The van der Waals surface area contributed by atoms with Gasteiger partial charge in [-0.3, -0.25) is 0 Å². The zero-order valence-electron chi connectivity index (χ0n) is 17.9. The molecule has 1 N–H and O–H groups in total. The van der Waals surface area contributed by atoms with Crippen LogP contribution >= 0.6 is 11.3 Å². The fraction of sp³-hybridized carbons (Fsp3) is 0.350. The van der Waals surface area contributed by atoms with Gasteiger partial charge in [0.15, 0.2) is 0 Å². The minimum Gasteiger partial charge on any atom is -0.497 e. The van der Waals surface area contributed by atoms with Gasteiger partial charge in [-0.05, 0) is 39.0 Å². The van der Waals surface area contributed by atoms with Crippen molar-refractivity contribution in [1.29, 1.82) is 0 Å². The number of nitrogens with one attached hydrogen (secondary N) is 1. The molecule has 3 aromatic rings. The summed E-state index contributed by atoms with van der Waals surface area (Å²) in [7, 11) is -0.539. The minimum absolute atomic E-state index is 0.0619. The summed E-state index contributed by atoms with van der Waals surface area (Å²) in [6.45, 7) is 5.34. The Bertz CT molecular complexity index is 1190. The molecule has 2 aromatic heterocycles. The first kappa shape index (κ1) is 22.8. The molecule has 2 heterocycles. The van der Waals surface area contributed by atoms with Crippen molar-refractivity contribution in [3.05, 3.63) is 41.9 Å². The summed E-state index contributed by atoms with van der Waals surface area (Å²) in [6, 6.07) is 4.74. The number of aryl methyl sites for hydroxylation is 1. The Morgan fingerprint density at radius 1 is 1.23 bits per heavy atom. The lowest BCUT2D eigenvalue weighted by Gasteiger charge is -2.19. The number of thiazole rings is 1. The Labute approximate surface area is 185 Å². The molecule has 0 spiro atoms. The van der Waals surface area contributed by atoms with Gasteiger partial charge in [0.2, 0.25) is 9.84 Å². The van der Waals surface area contributed by atoms with E-state index in [0.717, 1.165) is 11.3 Å². The van der Waals surface area contributed by atoms with Crippen LogP contribution in [0, 0.1) is 0 Å². The maximum Gasteiger partial charge on any atom is 0.408 e. The second-order valence-electron chi connectivity index (χ2n) is 7.75. The molecule has 0 aliphatic heterocycles. The first-order chi connectivity index (χ1) is 14.5. The molecule has 166 valence electrons. The Balaban J connectivity index is 1.84. The third-order valence-electron chi connectivity index (χ3n) is 4.01. The van der Waals surface area contributed by atoms with Crippen molar-refractivity contribution in [2.75, 3.05) is 7.11 Å². The monoisotopic (exact) mass is 464 g/mol. The van der Waals surface area contributed by atoms with Crippen LogP contribution in [0.15, 0.2) is 46.0 Å². The summed E-state index contributed by atoms with van der Waals surface area (Å²) in [5.74, 6) is 0.401. The van der Waals surface area contributed by atoms with Crippen LogP contribution in [0.3, 0.4) is 0 Å². The van der Waals surface area contributed by atoms with Crippen LogP contribution in [0.4, 0.5) is 4.79 Å². The lowest BCUT2D eigenvalue weighted by Crippen LogP contribution is -2.32. The van der Waals surface area contributed by atoms with Gasteiger partial charge in [-0.2, -0.15) is 0 Å². The van der Waals surface area contributed by atoms with Crippen LogP contribution in [-0.2, 0) is 28.2 Å². The summed E-state index contributed by atoms with van der Waals surface area (Å²) in [6.07, 6.45) is 4.11. The summed E-state index contributed by atoms with van der Waals surface area (Å²) in [4.78, 5) is 20.3. The van der Waals surface area contributed by atoms with Crippen molar-refractivity contribution in [2.45, 2.75) is 42.0 Å². The van der Waals surface area contributed by atoms with Crippen molar-refractivity contribution >= 4 is 27.3 Å². The van der Waals surface area contributed by atoms with E-state index >= 15 is 0 Å². The van der Waals surface area contributed by atoms with Crippen molar-refractivity contribution in [1.82, 2.24) is 19.9 Å². The average molecular weight is 465 g/mol. The molecule has 1 amide bonds. The van der Waals surface area contributed by atoms with Gasteiger partial charge in [-0.1, -0.05) is 0 Å². The normalized spacial score (nSPS) is 11.9. The van der Waals surface area contributed by atoms with Gasteiger partial charge in [0.25, 0.3) is 0 Å². The molecule has 3 rings (SSSR count). The lowest BCUT2D eigenvalue weighted by atomic mass is 10.1. The number of carbonyl (C=O) groups is 1. The van der Waals surface area contributed by atoms with Crippen LogP contribution in [0.1, 0.15) is 25.8 Å². The number of hydrogen-bond acceptors (Lipinski definition) is 8. The molecule has 0 atom stereocenters. The molecule has 0 aliphatic carbocycles. The highest BCUT2D eigenvalue weighted by Gasteiger charge is 2.24. The highest BCUT2D eigenvalue weighted by atomic mass is 32.2. The van der Waals surface area contributed by atoms with Gasteiger partial charge in [-0.25, -0.2) is 23.2 Å². The van der Waals surface area contributed by atoms with E-state index in [2.05, 4.69) is 15.3 Å². The fourth-order valence-electron chi connectivity index (χ4n) is 2.63. The summed E-state index contributed by atoms with van der Waals surface area (Å²) >= 11 is 0.984. The topological polar surface area (TPSA) is 112 Å². The number of ether oxygens (including phenoxy) is 2. The lowest BCUT2D eigenvalue weighted by molar-refractivity contribution is 0.0523. The number of carbonyl (C=O) groups excluding carboxylic acids is 1. The predicted molar refractivity (Wildman–Crippen MR) is 116 cm³/mol. The summed E-state index contributed by atoms with van der Waals surface area (Å²) < 4.78 is 38.7. The Morgan fingerprint density at radius 2 is 1.97 bits per heavy atom. The molecule has 0 saturated heterocycles. The molecule has 0 radical (unpaired) electrons. The highest BCUT2D eigenvalue weighted by Crippen LogP contribution is 2.32. The van der Waals surface area contributed by atoms with Crippen LogP contribution in [-0.4, -0.2) is 41.8 Å². The maximum atomic E-state index is 13.2. The molecule has 0 bridgehead atoms. The number of imidazole rings is 1. The quantitative estimate of drug-likeness (QED) is 0.595. The zero-order valence-corrected chi connectivity index (χ0v) is 19.5. The number of alkyl carbamates (subject to hydrolysis) is 1. The second kappa shape index (κ2) is 8.67. The number of aromatic nitrogens is 3. The standard InChI is InChI=1S/C20H24N4O5S2/c1-20(2,3)29-19(25)22-9-17-21-10-18(30-17)31(26,27)15-7-13(6-14(8-15)28-5)16-11-24(4)12-23-16/h6-8,10-12H,9H2,1-5H3,(H,22,25). The SMILES string of the molecule is COc1cc(-c2cn(C)cn2)cc(S(=O)(=O)c2cnc(CNC(=O)OC(C)(C)C)s2)c1. The van der Waals surface area contributed by atoms with E-state index in [4.69, 9.17) is 9.47 Å². The molecule has 9 nitrogen and oxygen atoms in total. The Hall–Kier alpha value is -2.92. The van der Waals surface area contributed by atoms with E-state index in [1.807, 2.05) is 7.05 Å². The molecular formula is C20H24N4O5S2. The molecule has 0 fully saturated rings. The number of sulfone groups is 1. The van der Waals surface area contributed by atoms with Crippen molar-refractivity contribution in [2.24, 2.45) is 7.05 Å². The second-order valence-corrected chi connectivity index (χ2v) is 11.0. The van der Waals surface area contributed by atoms with Gasteiger partial charge in [0.1, 0.15) is 20.6 Å². The van der Waals surface area contributed by atoms with Crippen molar-refractivity contribution in [3.8, 4) is 17.0 Å².